The molecule has 0 saturated heterocycles. The molecule has 0 aliphatic heterocycles. The Bertz CT molecular complexity index is 407. The van der Waals surface area contributed by atoms with E-state index in [-0.39, 0.29) is 17.3 Å². The van der Waals surface area contributed by atoms with Crippen molar-refractivity contribution in [2.75, 3.05) is 16.4 Å². The Kier molecular flexibility index (Phi) is 4.28. The van der Waals surface area contributed by atoms with Gasteiger partial charge in [0.05, 0.1) is 17.6 Å². The minimum absolute atomic E-state index is 0.0616. The summed E-state index contributed by atoms with van der Waals surface area (Å²) in [6.45, 7) is 0. The maximum atomic E-state index is 12.4. The van der Waals surface area contributed by atoms with E-state index in [4.69, 9.17) is 11.6 Å². The van der Waals surface area contributed by atoms with Crippen LogP contribution in [0.15, 0.2) is 18.3 Å². The van der Waals surface area contributed by atoms with Crippen molar-refractivity contribution in [3.63, 3.8) is 0 Å². The molecule has 0 bridgehead atoms. The topological polar surface area (TPSA) is 59.1 Å². The molecular formula is C8H10ClFN2O2S. The monoisotopic (exact) mass is 252 g/mol. The number of alkyl halides is 1. The van der Waals surface area contributed by atoms with E-state index in [1.807, 2.05) is 0 Å². The van der Waals surface area contributed by atoms with Crippen LogP contribution in [0.2, 0.25) is 0 Å². The highest BCUT2D eigenvalue weighted by Gasteiger charge is 2.09. The molecule has 84 valence electrons. The Labute approximate surface area is 92.5 Å². The van der Waals surface area contributed by atoms with Crippen molar-refractivity contribution < 1.29 is 12.8 Å². The lowest BCUT2D eigenvalue weighted by Crippen LogP contribution is -2.17. The smallest absolute Gasteiger partial charge is 0.232 e. The van der Waals surface area contributed by atoms with Crippen LogP contribution in [0.5, 0.6) is 0 Å². The van der Waals surface area contributed by atoms with Gasteiger partial charge in [0.25, 0.3) is 0 Å². The molecule has 0 aromatic carbocycles. The van der Waals surface area contributed by atoms with Crippen molar-refractivity contribution in [1.29, 1.82) is 0 Å². The van der Waals surface area contributed by atoms with Gasteiger partial charge in [-0.3, -0.25) is 4.72 Å². The van der Waals surface area contributed by atoms with Gasteiger partial charge in [0.15, 0.2) is 0 Å². The molecule has 7 heteroatoms. The lowest BCUT2D eigenvalue weighted by Gasteiger charge is -2.06. The van der Waals surface area contributed by atoms with E-state index in [2.05, 4.69) is 9.71 Å². The second-order valence-electron chi connectivity index (χ2n) is 2.83. The van der Waals surface area contributed by atoms with E-state index >= 15 is 0 Å². The average molecular weight is 253 g/mol. The molecule has 1 N–H and O–H groups in total. The van der Waals surface area contributed by atoms with Gasteiger partial charge in [0, 0.05) is 5.88 Å². The Balaban J connectivity index is 2.65. The van der Waals surface area contributed by atoms with Gasteiger partial charge in [-0.1, -0.05) is 0 Å². The third-order valence-corrected chi connectivity index (χ3v) is 3.19. The van der Waals surface area contributed by atoms with Gasteiger partial charge in [-0.2, -0.15) is 4.39 Å². The van der Waals surface area contributed by atoms with Gasteiger partial charge in [-0.25, -0.2) is 13.4 Å². The summed E-state index contributed by atoms with van der Waals surface area (Å²) in [4.78, 5) is 3.32. The first-order valence-corrected chi connectivity index (χ1v) is 6.40. The standard InChI is InChI=1S/C8H10ClFN2O2S/c9-4-1-5-15(13,14)12-7-2-3-8(10)11-6-7/h2-3,6,12H,1,4-5H2. The van der Waals surface area contributed by atoms with Crippen LogP contribution < -0.4 is 4.72 Å². The first kappa shape index (κ1) is 12.2. The second-order valence-corrected chi connectivity index (χ2v) is 5.05. The van der Waals surface area contributed by atoms with Crippen LogP contribution in [-0.4, -0.2) is 25.0 Å². The van der Waals surface area contributed by atoms with Crippen molar-refractivity contribution in [2.45, 2.75) is 6.42 Å². The molecule has 1 aromatic rings. The highest BCUT2D eigenvalue weighted by molar-refractivity contribution is 7.92. The number of nitrogens with zero attached hydrogens (tertiary/aromatic N) is 1. The van der Waals surface area contributed by atoms with Gasteiger partial charge >= 0.3 is 0 Å². The van der Waals surface area contributed by atoms with E-state index in [0.29, 0.717) is 6.42 Å². The summed E-state index contributed by atoms with van der Waals surface area (Å²) in [5, 5.41) is 0. The predicted molar refractivity (Wildman–Crippen MR) is 56.9 cm³/mol. The van der Waals surface area contributed by atoms with Gasteiger partial charge in [0.2, 0.25) is 16.0 Å². The highest BCUT2D eigenvalue weighted by atomic mass is 35.5. The highest BCUT2D eigenvalue weighted by Crippen LogP contribution is 2.08. The SMILES string of the molecule is O=S(=O)(CCCCl)Nc1ccc(F)nc1. The Morgan fingerprint density at radius 2 is 2.20 bits per heavy atom. The molecule has 0 unspecified atom stereocenters. The summed E-state index contributed by atoms with van der Waals surface area (Å²) in [7, 11) is -3.41. The quantitative estimate of drug-likeness (QED) is 0.640. The number of hydrogen-bond acceptors (Lipinski definition) is 3. The van der Waals surface area contributed by atoms with Gasteiger partial charge < -0.3 is 0 Å². The van der Waals surface area contributed by atoms with Crippen LogP contribution in [0.3, 0.4) is 0 Å². The molecule has 0 spiro atoms. The molecule has 1 aromatic heterocycles. The normalized spacial score (nSPS) is 11.3. The second kappa shape index (κ2) is 5.27. The molecule has 0 saturated carbocycles. The molecule has 15 heavy (non-hydrogen) atoms. The van der Waals surface area contributed by atoms with Crippen molar-refractivity contribution in [3.8, 4) is 0 Å². The molecule has 0 aliphatic carbocycles. The van der Waals surface area contributed by atoms with Crippen LogP contribution in [-0.2, 0) is 10.0 Å². The fraction of sp³-hybridized carbons (Fsp3) is 0.375. The summed E-state index contributed by atoms with van der Waals surface area (Å²) in [6, 6.07) is 2.39. The van der Waals surface area contributed by atoms with Gasteiger partial charge in [-0.05, 0) is 18.6 Å². The average Bonchev–Trinajstić information content (AvgIpc) is 2.18. The maximum absolute atomic E-state index is 12.4. The first-order chi connectivity index (χ1) is 7.03. The van der Waals surface area contributed by atoms with Crippen molar-refractivity contribution in [2.24, 2.45) is 0 Å². The molecule has 0 aliphatic rings. The van der Waals surface area contributed by atoms with E-state index in [1.165, 1.54) is 6.07 Å². The molecule has 0 amide bonds. The fourth-order valence-corrected chi connectivity index (χ4v) is 2.31. The molecular weight excluding hydrogens is 243 g/mol. The van der Waals surface area contributed by atoms with E-state index in [1.54, 1.807) is 0 Å². The minimum atomic E-state index is -3.41. The van der Waals surface area contributed by atoms with Crippen molar-refractivity contribution in [3.05, 3.63) is 24.3 Å². The summed E-state index contributed by atoms with van der Waals surface area (Å²) >= 11 is 5.38. The van der Waals surface area contributed by atoms with Crippen LogP contribution in [0.1, 0.15) is 6.42 Å². The first-order valence-electron chi connectivity index (χ1n) is 4.21. The van der Waals surface area contributed by atoms with Crippen LogP contribution in [0, 0.1) is 5.95 Å². The van der Waals surface area contributed by atoms with Crippen molar-refractivity contribution in [1.82, 2.24) is 4.98 Å². The number of nitrogens with one attached hydrogen (secondary N) is 1. The number of halogens is 2. The van der Waals surface area contributed by atoms with E-state index in [0.717, 1.165) is 12.3 Å². The largest absolute Gasteiger partial charge is 0.282 e. The number of hydrogen-bond donors (Lipinski definition) is 1. The number of rotatable bonds is 5. The Morgan fingerprint density at radius 3 is 2.73 bits per heavy atom. The molecule has 1 heterocycles. The lowest BCUT2D eigenvalue weighted by molar-refractivity contribution is 0.583. The van der Waals surface area contributed by atoms with Crippen LogP contribution >= 0.6 is 11.6 Å². The molecule has 1 rings (SSSR count). The summed E-state index contributed by atoms with van der Waals surface area (Å²) in [5.41, 5.74) is 0.242. The van der Waals surface area contributed by atoms with Gasteiger partial charge in [0.1, 0.15) is 0 Å². The number of aromatic nitrogens is 1. The third kappa shape index (κ3) is 4.44. The fourth-order valence-electron chi connectivity index (χ4n) is 0.911. The number of sulfonamides is 1. The van der Waals surface area contributed by atoms with Crippen LogP contribution in [0.25, 0.3) is 0 Å². The minimum Gasteiger partial charge on any atom is -0.282 e. The lowest BCUT2D eigenvalue weighted by atomic mass is 10.4. The van der Waals surface area contributed by atoms with Crippen molar-refractivity contribution >= 4 is 27.3 Å². The zero-order chi connectivity index (χ0) is 11.3. The zero-order valence-electron chi connectivity index (χ0n) is 7.78. The summed E-state index contributed by atoms with van der Waals surface area (Å²) in [6.07, 6.45) is 1.49. The molecule has 0 radical (unpaired) electrons. The molecule has 0 atom stereocenters. The summed E-state index contributed by atoms with van der Waals surface area (Å²) < 4.78 is 37.4. The molecule has 4 nitrogen and oxygen atoms in total. The predicted octanol–water partition coefficient (Wildman–Crippen LogP) is 1.59. The van der Waals surface area contributed by atoms with E-state index in [9.17, 15) is 12.8 Å². The third-order valence-electron chi connectivity index (χ3n) is 1.55. The number of pyridine rings is 1. The Hall–Kier alpha value is -0.880. The molecule has 0 fully saturated rings. The number of anilines is 1. The van der Waals surface area contributed by atoms with Gasteiger partial charge in [-0.15, -0.1) is 11.6 Å². The Morgan fingerprint density at radius 1 is 1.47 bits per heavy atom. The van der Waals surface area contributed by atoms with E-state index < -0.39 is 16.0 Å². The zero-order valence-corrected chi connectivity index (χ0v) is 9.35. The maximum Gasteiger partial charge on any atom is 0.232 e. The van der Waals surface area contributed by atoms with Crippen LogP contribution in [0.4, 0.5) is 10.1 Å². The summed E-state index contributed by atoms with van der Waals surface area (Å²) in [5.74, 6) is -0.435.